The Kier molecular flexibility index (Phi) is 9.37. The molecule has 2 amide bonds. The molecule has 39 heavy (non-hydrogen) atoms. The molecule has 4 rings (SSSR count). The third-order valence-electron chi connectivity index (χ3n) is 6.72. The fourth-order valence-corrected chi connectivity index (χ4v) is 4.68. The second-order valence-corrected chi connectivity index (χ2v) is 10.5. The number of likely N-dealkylation sites (tertiary alicyclic amines) is 1. The van der Waals surface area contributed by atoms with Crippen molar-refractivity contribution in [1.82, 2.24) is 20.1 Å². The van der Waals surface area contributed by atoms with Crippen LogP contribution in [0.1, 0.15) is 78.2 Å². The van der Waals surface area contributed by atoms with Gasteiger partial charge in [-0.1, -0.05) is 20.8 Å². The van der Waals surface area contributed by atoms with Crippen LogP contribution in [-0.4, -0.2) is 71.7 Å². The number of carbonyl (C=O) groups excluding carboxylic acids is 3. The Morgan fingerprint density at radius 3 is 2.41 bits per heavy atom. The molecule has 0 saturated carbocycles. The number of fused-ring (bicyclic) bond motifs is 1. The molecule has 0 bridgehead atoms. The van der Waals surface area contributed by atoms with Crippen molar-refractivity contribution in [1.29, 1.82) is 5.41 Å². The minimum atomic E-state index is -0.404. The molecule has 1 fully saturated rings. The maximum Gasteiger partial charge on any atom is 0.415 e. The van der Waals surface area contributed by atoms with Crippen LogP contribution < -0.4 is 14.8 Å². The molecule has 1 aromatic heterocycles. The van der Waals surface area contributed by atoms with Crippen LogP contribution in [-0.2, 0) is 12.0 Å². The van der Waals surface area contributed by atoms with Crippen molar-refractivity contribution in [3.8, 4) is 11.5 Å². The standard InChI is InChI=1S/C28H35N5O5.BrH/c1-6-37-22-14-18-15-33(25(29)23(18)31-24(22)26(35)30-5)16-20(34)17-9-10-21(19(13-17)28(2,3)4)38-27(36)32-11-7-8-12-32;/h9-10,13-14,29H,6-8,11-12,15-16H2,1-5H3,(H,30,35);1H. The van der Waals surface area contributed by atoms with Gasteiger partial charge in [-0.05, 0) is 49.4 Å². The number of ether oxygens (including phenoxy) is 2. The molecule has 0 aliphatic carbocycles. The van der Waals surface area contributed by atoms with Crippen molar-refractivity contribution in [2.75, 3.05) is 33.3 Å². The van der Waals surface area contributed by atoms with Crippen LogP contribution in [0.4, 0.5) is 4.79 Å². The van der Waals surface area contributed by atoms with Gasteiger partial charge in [0, 0.05) is 43.4 Å². The number of hydrogen-bond donors (Lipinski definition) is 2. The minimum Gasteiger partial charge on any atom is -0.491 e. The lowest BCUT2D eigenvalue weighted by molar-refractivity contribution is 0.0949. The molecule has 1 saturated heterocycles. The van der Waals surface area contributed by atoms with Gasteiger partial charge < -0.3 is 24.6 Å². The molecule has 0 unspecified atom stereocenters. The summed E-state index contributed by atoms with van der Waals surface area (Å²) in [6, 6.07) is 6.83. The Balaban J connectivity index is 0.00000420. The third kappa shape index (κ3) is 6.41. The van der Waals surface area contributed by atoms with E-state index in [1.807, 2.05) is 27.7 Å². The number of ketones is 1. The smallest absolute Gasteiger partial charge is 0.415 e. The van der Waals surface area contributed by atoms with Gasteiger partial charge in [0.1, 0.15) is 17.3 Å². The van der Waals surface area contributed by atoms with E-state index in [1.165, 1.54) is 7.05 Å². The first-order valence-electron chi connectivity index (χ1n) is 12.9. The maximum absolute atomic E-state index is 13.3. The number of nitrogens with one attached hydrogen (secondary N) is 2. The number of rotatable bonds is 7. The van der Waals surface area contributed by atoms with E-state index < -0.39 is 5.91 Å². The first kappa shape index (κ1) is 30.1. The second kappa shape index (κ2) is 12.1. The van der Waals surface area contributed by atoms with Crippen molar-refractivity contribution in [3.05, 3.63) is 52.3 Å². The van der Waals surface area contributed by atoms with E-state index >= 15 is 0 Å². The van der Waals surface area contributed by atoms with Gasteiger partial charge in [0.25, 0.3) is 5.91 Å². The Labute approximate surface area is 239 Å². The van der Waals surface area contributed by atoms with Gasteiger partial charge in [-0.25, -0.2) is 9.78 Å². The van der Waals surface area contributed by atoms with Gasteiger partial charge in [0.2, 0.25) is 0 Å². The van der Waals surface area contributed by atoms with Gasteiger partial charge in [-0.15, -0.1) is 17.0 Å². The molecular formula is C28H36BrN5O5. The molecule has 210 valence electrons. The number of hydrogen-bond acceptors (Lipinski definition) is 7. The van der Waals surface area contributed by atoms with Crippen LogP contribution in [0.5, 0.6) is 11.5 Å². The van der Waals surface area contributed by atoms with Crippen LogP contribution >= 0.6 is 17.0 Å². The average molecular weight is 603 g/mol. The van der Waals surface area contributed by atoms with Crippen molar-refractivity contribution < 1.29 is 23.9 Å². The predicted octanol–water partition coefficient (Wildman–Crippen LogP) is 4.33. The monoisotopic (exact) mass is 601 g/mol. The topological polar surface area (TPSA) is 125 Å². The highest BCUT2D eigenvalue weighted by molar-refractivity contribution is 8.93. The van der Waals surface area contributed by atoms with Crippen molar-refractivity contribution in [2.24, 2.45) is 0 Å². The highest BCUT2D eigenvalue weighted by atomic mass is 79.9. The van der Waals surface area contributed by atoms with E-state index in [9.17, 15) is 14.4 Å². The molecule has 0 radical (unpaired) electrons. The van der Waals surface area contributed by atoms with E-state index in [2.05, 4.69) is 10.3 Å². The summed E-state index contributed by atoms with van der Waals surface area (Å²) in [5, 5.41) is 11.2. The lowest BCUT2D eigenvalue weighted by Crippen LogP contribution is -2.32. The molecule has 2 N–H and O–H groups in total. The zero-order valence-electron chi connectivity index (χ0n) is 23.1. The number of benzene rings is 1. The van der Waals surface area contributed by atoms with Crippen LogP contribution in [0.15, 0.2) is 24.3 Å². The first-order chi connectivity index (χ1) is 18.0. The normalized spacial score (nSPS) is 14.5. The minimum absolute atomic E-state index is 0. The lowest BCUT2D eigenvalue weighted by atomic mass is 9.85. The van der Waals surface area contributed by atoms with Crippen molar-refractivity contribution >= 4 is 40.6 Å². The molecule has 1 aromatic carbocycles. The van der Waals surface area contributed by atoms with Gasteiger partial charge in [-0.3, -0.25) is 15.0 Å². The van der Waals surface area contributed by atoms with Gasteiger partial charge in [0.15, 0.2) is 17.2 Å². The summed E-state index contributed by atoms with van der Waals surface area (Å²) in [5.41, 5.74) is 2.05. The van der Waals surface area contributed by atoms with E-state index in [1.54, 1.807) is 34.1 Å². The third-order valence-corrected chi connectivity index (χ3v) is 6.72. The number of halogens is 1. The fourth-order valence-electron chi connectivity index (χ4n) is 4.68. The summed E-state index contributed by atoms with van der Waals surface area (Å²) in [6.45, 7) is 9.84. The van der Waals surface area contributed by atoms with Crippen LogP contribution in [0.25, 0.3) is 0 Å². The SMILES string of the molecule is Br.CCOc1cc2c(nc1C(=O)NC)C(=N)N(CC(=O)c1ccc(OC(=O)N3CCCC3)c(C(C)(C)C)c1)C2. The molecule has 2 aromatic rings. The summed E-state index contributed by atoms with van der Waals surface area (Å²) in [6.07, 6.45) is 1.57. The van der Waals surface area contributed by atoms with E-state index in [-0.39, 0.29) is 52.3 Å². The molecule has 0 atom stereocenters. The van der Waals surface area contributed by atoms with Crippen molar-refractivity contribution in [2.45, 2.75) is 52.5 Å². The summed E-state index contributed by atoms with van der Waals surface area (Å²) < 4.78 is 11.3. The number of pyridine rings is 1. The number of amidine groups is 1. The van der Waals surface area contributed by atoms with Crippen LogP contribution in [0.2, 0.25) is 0 Å². The van der Waals surface area contributed by atoms with E-state index in [0.29, 0.717) is 49.0 Å². The second-order valence-electron chi connectivity index (χ2n) is 10.5. The van der Waals surface area contributed by atoms with Crippen LogP contribution in [0.3, 0.4) is 0 Å². The Bertz CT molecular complexity index is 1280. The zero-order valence-corrected chi connectivity index (χ0v) is 24.8. The first-order valence-corrected chi connectivity index (χ1v) is 12.9. The molecule has 10 nitrogen and oxygen atoms in total. The Hall–Kier alpha value is -3.47. The maximum atomic E-state index is 13.3. The molecule has 3 heterocycles. The fraction of sp³-hybridized carbons (Fsp3) is 0.464. The van der Waals surface area contributed by atoms with Gasteiger partial charge in [-0.2, -0.15) is 0 Å². The largest absolute Gasteiger partial charge is 0.491 e. The quantitative estimate of drug-likeness (QED) is 0.452. The molecular weight excluding hydrogens is 566 g/mol. The van der Waals surface area contributed by atoms with Crippen molar-refractivity contribution in [3.63, 3.8) is 0 Å². The highest BCUT2D eigenvalue weighted by Crippen LogP contribution is 2.34. The Morgan fingerprint density at radius 1 is 1.10 bits per heavy atom. The number of amides is 2. The van der Waals surface area contributed by atoms with Gasteiger partial charge in [0.05, 0.1) is 13.2 Å². The summed E-state index contributed by atoms with van der Waals surface area (Å²) in [4.78, 5) is 46.0. The summed E-state index contributed by atoms with van der Waals surface area (Å²) >= 11 is 0. The molecule has 2 aliphatic rings. The molecule has 11 heteroatoms. The zero-order chi connectivity index (χ0) is 27.6. The van der Waals surface area contributed by atoms with E-state index in [0.717, 1.165) is 24.0 Å². The number of Topliss-reactive ketones (excluding diaryl/α,β-unsaturated/α-hetero) is 1. The summed E-state index contributed by atoms with van der Waals surface area (Å²) in [7, 11) is 1.51. The molecule has 0 spiro atoms. The number of carbonyl (C=O) groups is 3. The summed E-state index contributed by atoms with van der Waals surface area (Å²) in [5.74, 6) is 0.289. The lowest BCUT2D eigenvalue weighted by Gasteiger charge is -2.25. The Morgan fingerprint density at radius 2 is 1.79 bits per heavy atom. The molecule has 2 aliphatic heterocycles. The van der Waals surface area contributed by atoms with Crippen LogP contribution in [0, 0.1) is 5.41 Å². The average Bonchev–Trinajstić information content (AvgIpc) is 3.52. The van der Waals surface area contributed by atoms with E-state index in [4.69, 9.17) is 14.9 Å². The number of aromatic nitrogens is 1. The highest BCUT2D eigenvalue weighted by Gasteiger charge is 2.31. The predicted molar refractivity (Wildman–Crippen MR) is 153 cm³/mol. The van der Waals surface area contributed by atoms with Gasteiger partial charge >= 0.3 is 6.09 Å². The number of nitrogens with zero attached hydrogens (tertiary/aromatic N) is 3.